The van der Waals surface area contributed by atoms with Crippen molar-refractivity contribution >= 4 is 15.9 Å². The van der Waals surface area contributed by atoms with Gasteiger partial charge in [0, 0.05) is 12.1 Å². The lowest BCUT2D eigenvalue weighted by molar-refractivity contribution is 0.0949. The van der Waals surface area contributed by atoms with Gasteiger partial charge in [-0.2, -0.15) is 0 Å². The molecule has 0 aliphatic heterocycles. The lowest BCUT2D eigenvalue weighted by Gasteiger charge is -2.06. The Balaban J connectivity index is 2.05. The highest BCUT2D eigenvalue weighted by atomic mass is 32.2. The monoisotopic (exact) mass is 308 g/mol. The molecule has 1 amide bonds. The Morgan fingerprint density at radius 2 is 1.86 bits per heavy atom. The number of aryl methyl sites for hydroxylation is 2. The van der Waals surface area contributed by atoms with E-state index in [-0.39, 0.29) is 17.3 Å². The van der Waals surface area contributed by atoms with Crippen LogP contribution >= 0.6 is 0 Å². The lowest BCUT2D eigenvalue weighted by atomic mass is 10.1. The Labute approximate surface area is 123 Å². The molecule has 21 heavy (non-hydrogen) atoms. The molecule has 6 nitrogen and oxygen atoms in total. The van der Waals surface area contributed by atoms with Gasteiger partial charge in [-0.3, -0.25) is 4.79 Å². The molecule has 0 bridgehead atoms. The van der Waals surface area contributed by atoms with Gasteiger partial charge in [-0.1, -0.05) is 12.1 Å². The van der Waals surface area contributed by atoms with Crippen LogP contribution in [0.1, 0.15) is 27.2 Å². The van der Waals surface area contributed by atoms with Gasteiger partial charge < -0.3 is 9.73 Å². The van der Waals surface area contributed by atoms with Crippen LogP contribution in [0.3, 0.4) is 0 Å². The number of hydrogen-bond acceptors (Lipinski definition) is 4. The molecule has 0 aliphatic carbocycles. The molecule has 0 aliphatic rings. The van der Waals surface area contributed by atoms with Crippen LogP contribution in [0.5, 0.6) is 0 Å². The normalized spacial score (nSPS) is 11.4. The summed E-state index contributed by atoms with van der Waals surface area (Å²) in [5.74, 6) is 0.337. The smallest absolute Gasteiger partial charge is 0.255 e. The van der Waals surface area contributed by atoms with Crippen molar-refractivity contribution in [2.24, 2.45) is 5.14 Å². The van der Waals surface area contributed by atoms with Crippen LogP contribution in [0.2, 0.25) is 0 Å². The van der Waals surface area contributed by atoms with Gasteiger partial charge >= 0.3 is 0 Å². The third-order valence-corrected chi connectivity index (χ3v) is 4.02. The number of primary sulfonamides is 1. The fourth-order valence-corrected chi connectivity index (χ4v) is 2.49. The highest BCUT2D eigenvalue weighted by molar-refractivity contribution is 7.89. The lowest BCUT2D eigenvalue weighted by Crippen LogP contribution is -2.23. The van der Waals surface area contributed by atoms with Gasteiger partial charge in [-0.15, -0.1) is 0 Å². The second-order valence-electron chi connectivity index (χ2n) is 4.72. The Morgan fingerprint density at radius 1 is 1.24 bits per heavy atom. The summed E-state index contributed by atoms with van der Waals surface area (Å²) in [7, 11) is -3.70. The molecule has 1 aromatic heterocycles. The molecule has 0 fully saturated rings. The molecule has 0 saturated heterocycles. The standard InChI is InChI=1S/C14H16N2O4S/c1-9-8-20-10(2)13(9)14(17)16-7-11-3-5-12(6-4-11)21(15,18)19/h3-6,8H,7H2,1-2H3,(H,16,17)(H2,15,18,19). The van der Waals surface area contributed by atoms with E-state index >= 15 is 0 Å². The summed E-state index contributed by atoms with van der Waals surface area (Å²) in [6.07, 6.45) is 1.53. The molecule has 7 heteroatoms. The topological polar surface area (TPSA) is 102 Å². The second kappa shape index (κ2) is 5.71. The van der Waals surface area contributed by atoms with E-state index in [1.165, 1.54) is 18.4 Å². The fourth-order valence-electron chi connectivity index (χ4n) is 1.98. The molecule has 2 rings (SSSR count). The molecule has 2 aromatic rings. The van der Waals surface area contributed by atoms with Crippen molar-refractivity contribution in [2.75, 3.05) is 0 Å². The third-order valence-electron chi connectivity index (χ3n) is 3.09. The molecule has 0 unspecified atom stereocenters. The van der Waals surface area contributed by atoms with E-state index in [4.69, 9.17) is 9.56 Å². The molecule has 3 N–H and O–H groups in total. The first-order valence-corrected chi connectivity index (χ1v) is 7.78. The average Bonchev–Trinajstić information content (AvgIpc) is 2.75. The largest absolute Gasteiger partial charge is 0.469 e. The highest BCUT2D eigenvalue weighted by Gasteiger charge is 2.15. The van der Waals surface area contributed by atoms with Crippen LogP contribution in [-0.2, 0) is 16.6 Å². The molecular weight excluding hydrogens is 292 g/mol. The molecule has 0 radical (unpaired) electrons. The van der Waals surface area contributed by atoms with Crippen LogP contribution in [0, 0.1) is 13.8 Å². The number of carbonyl (C=O) groups is 1. The van der Waals surface area contributed by atoms with Crippen molar-refractivity contribution in [3.8, 4) is 0 Å². The number of furan rings is 1. The quantitative estimate of drug-likeness (QED) is 0.892. The number of carbonyl (C=O) groups excluding carboxylic acids is 1. The van der Waals surface area contributed by atoms with Gasteiger partial charge in [0.2, 0.25) is 10.0 Å². The Morgan fingerprint density at radius 3 is 2.33 bits per heavy atom. The summed E-state index contributed by atoms with van der Waals surface area (Å²) in [5, 5.41) is 7.78. The minimum absolute atomic E-state index is 0.0408. The summed E-state index contributed by atoms with van der Waals surface area (Å²) in [6, 6.07) is 6.03. The Kier molecular flexibility index (Phi) is 4.15. The first-order valence-electron chi connectivity index (χ1n) is 6.23. The predicted octanol–water partition coefficient (Wildman–Crippen LogP) is 1.47. The molecule has 1 aromatic carbocycles. The zero-order chi connectivity index (χ0) is 15.6. The molecular formula is C14H16N2O4S. The van der Waals surface area contributed by atoms with Crippen LogP contribution in [0.25, 0.3) is 0 Å². The van der Waals surface area contributed by atoms with Gasteiger partial charge in [-0.25, -0.2) is 13.6 Å². The maximum Gasteiger partial charge on any atom is 0.255 e. The number of benzene rings is 1. The van der Waals surface area contributed by atoms with Gasteiger partial charge in [0.25, 0.3) is 5.91 Å². The number of nitrogens with two attached hydrogens (primary N) is 1. The summed E-state index contributed by atoms with van der Waals surface area (Å²) >= 11 is 0. The minimum Gasteiger partial charge on any atom is -0.469 e. The Bertz CT molecular complexity index is 741. The third kappa shape index (κ3) is 3.50. The Hall–Kier alpha value is -2.12. The van der Waals surface area contributed by atoms with E-state index in [9.17, 15) is 13.2 Å². The SMILES string of the molecule is Cc1coc(C)c1C(=O)NCc1ccc(S(N)(=O)=O)cc1. The molecule has 112 valence electrons. The number of sulfonamides is 1. The maximum atomic E-state index is 12.1. The van der Waals surface area contributed by atoms with Crippen LogP contribution < -0.4 is 10.5 Å². The summed E-state index contributed by atoms with van der Waals surface area (Å²) in [6.45, 7) is 3.81. The number of hydrogen-bond donors (Lipinski definition) is 2. The van der Waals surface area contributed by atoms with Gasteiger partial charge in [0.15, 0.2) is 0 Å². The van der Waals surface area contributed by atoms with E-state index in [0.717, 1.165) is 11.1 Å². The van der Waals surface area contributed by atoms with Gasteiger partial charge in [-0.05, 0) is 31.5 Å². The molecule has 0 saturated carbocycles. The van der Waals surface area contributed by atoms with Crippen molar-refractivity contribution in [3.63, 3.8) is 0 Å². The zero-order valence-corrected chi connectivity index (χ0v) is 12.5. The summed E-state index contributed by atoms with van der Waals surface area (Å²) < 4.78 is 27.5. The van der Waals surface area contributed by atoms with Crippen molar-refractivity contribution < 1.29 is 17.6 Å². The fraction of sp³-hybridized carbons (Fsp3) is 0.214. The van der Waals surface area contributed by atoms with E-state index in [1.807, 2.05) is 0 Å². The summed E-state index contributed by atoms with van der Waals surface area (Å²) in [5.41, 5.74) is 2.07. The first-order chi connectivity index (χ1) is 9.79. The van der Waals surface area contributed by atoms with Crippen LogP contribution in [0.15, 0.2) is 39.8 Å². The molecule has 0 atom stereocenters. The predicted molar refractivity (Wildman–Crippen MR) is 77.2 cm³/mol. The number of nitrogens with one attached hydrogen (secondary N) is 1. The number of amides is 1. The second-order valence-corrected chi connectivity index (χ2v) is 6.28. The van der Waals surface area contributed by atoms with Gasteiger partial charge in [0.1, 0.15) is 5.76 Å². The first kappa shape index (κ1) is 15.3. The molecule has 0 spiro atoms. The van der Waals surface area contributed by atoms with E-state index in [0.29, 0.717) is 11.3 Å². The average molecular weight is 308 g/mol. The van der Waals surface area contributed by atoms with E-state index < -0.39 is 10.0 Å². The zero-order valence-electron chi connectivity index (χ0n) is 11.7. The van der Waals surface area contributed by atoms with E-state index in [1.54, 1.807) is 26.0 Å². The van der Waals surface area contributed by atoms with Crippen LogP contribution in [0.4, 0.5) is 0 Å². The van der Waals surface area contributed by atoms with Crippen molar-refractivity contribution in [1.82, 2.24) is 5.32 Å². The highest BCUT2D eigenvalue weighted by Crippen LogP contribution is 2.15. The minimum atomic E-state index is -3.70. The molecule has 1 heterocycles. The van der Waals surface area contributed by atoms with Crippen molar-refractivity contribution in [1.29, 1.82) is 0 Å². The van der Waals surface area contributed by atoms with Gasteiger partial charge in [0.05, 0.1) is 16.7 Å². The van der Waals surface area contributed by atoms with Crippen LogP contribution in [-0.4, -0.2) is 14.3 Å². The van der Waals surface area contributed by atoms with E-state index in [2.05, 4.69) is 5.32 Å². The number of rotatable bonds is 4. The summed E-state index contributed by atoms with van der Waals surface area (Å²) in [4.78, 5) is 12.1. The van der Waals surface area contributed by atoms with Crippen molar-refractivity contribution in [3.05, 3.63) is 53.0 Å². The maximum absolute atomic E-state index is 12.1. The van der Waals surface area contributed by atoms with Crippen molar-refractivity contribution in [2.45, 2.75) is 25.3 Å².